The number of nitrogens with one attached hydrogen (secondary N) is 1. The Morgan fingerprint density at radius 3 is 2.86 bits per heavy atom. The van der Waals surface area contributed by atoms with Crippen LogP contribution in [0.1, 0.15) is 17.3 Å². The van der Waals surface area contributed by atoms with Crippen LogP contribution in [0.5, 0.6) is 0 Å². The lowest BCUT2D eigenvalue weighted by atomic mass is 10.00. The van der Waals surface area contributed by atoms with Gasteiger partial charge in [0.1, 0.15) is 11.0 Å². The van der Waals surface area contributed by atoms with Crippen molar-refractivity contribution in [2.75, 3.05) is 5.32 Å². The van der Waals surface area contributed by atoms with Gasteiger partial charge in [-0.1, -0.05) is 18.2 Å². The molecule has 0 saturated carbocycles. The van der Waals surface area contributed by atoms with Crippen LogP contribution in [0.4, 0.5) is 5.69 Å². The van der Waals surface area contributed by atoms with Gasteiger partial charge in [-0.15, -0.1) is 0 Å². The van der Waals surface area contributed by atoms with E-state index >= 15 is 0 Å². The van der Waals surface area contributed by atoms with Gasteiger partial charge in [0.25, 0.3) is 0 Å². The Kier molecular flexibility index (Phi) is 2.40. The van der Waals surface area contributed by atoms with E-state index in [-0.39, 0.29) is 6.04 Å². The molecule has 0 spiro atoms. The van der Waals surface area contributed by atoms with E-state index in [0.717, 1.165) is 16.7 Å². The summed E-state index contributed by atoms with van der Waals surface area (Å²) in [4.78, 5) is 0. The molecular weight excluding hydrogens is 292 g/mol. The van der Waals surface area contributed by atoms with Crippen LogP contribution in [0, 0.1) is 0 Å². The number of hydrogen-bond donors (Lipinski definition) is 1. The number of para-hydroxylation sites is 2. The zero-order valence-corrected chi connectivity index (χ0v) is 12.4. The molecular formula is C17H12N4S. The van der Waals surface area contributed by atoms with Gasteiger partial charge in [0, 0.05) is 11.9 Å². The number of hydrogen-bond acceptors (Lipinski definition) is 4. The Bertz CT molecular complexity index is 985. The van der Waals surface area contributed by atoms with Crippen molar-refractivity contribution in [2.24, 2.45) is 0 Å². The molecule has 3 heterocycles. The highest BCUT2D eigenvalue weighted by molar-refractivity contribution is 7.00. The lowest BCUT2D eigenvalue weighted by Gasteiger charge is -2.29. The molecule has 0 saturated heterocycles. The standard InChI is InChI=1S/C17H12N4S/c1-2-5-15-13(4-1)18-17(16-6-3-9-21(15)16)11-7-8-12-14(10-11)20-22-19-12/h1-10,17-18H/t17-/m1/s1. The van der Waals surface area contributed by atoms with E-state index in [9.17, 15) is 0 Å². The van der Waals surface area contributed by atoms with Crippen molar-refractivity contribution in [2.45, 2.75) is 6.04 Å². The van der Waals surface area contributed by atoms with E-state index in [1.165, 1.54) is 28.7 Å². The average Bonchev–Trinajstić information content (AvgIpc) is 3.22. The maximum absolute atomic E-state index is 4.36. The molecule has 5 rings (SSSR count). The van der Waals surface area contributed by atoms with Crippen molar-refractivity contribution in [1.29, 1.82) is 0 Å². The second kappa shape index (κ2) is 4.42. The Labute approximate surface area is 131 Å². The molecule has 0 unspecified atom stereocenters. The summed E-state index contributed by atoms with van der Waals surface area (Å²) in [5.74, 6) is 0. The Morgan fingerprint density at radius 1 is 0.955 bits per heavy atom. The van der Waals surface area contributed by atoms with E-state index < -0.39 is 0 Å². The first-order chi connectivity index (χ1) is 10.9. The molecule has 2 aromatic carbocycles. The maximum atomic E-state index is 4.36. The highest BCUT2D eigenvalue weighted by atomic mass is 32.1. The number of aromatic nitrogens is 3. The first-order valence-corrected chi connectivity index (χ1v) is 7.88. The van der Waals surface area contributed by atoms with E-state index in [2.05, 4.69) is 73.4 Å². The first-order valence-electron chi connectivity index (χ1n) is 7.15. The third-order valence-corrected chi connectivity index (χ3v) is 4.71. The highest BCUT2D eigenvalue weighted by Crippen LogP contribution is 2.37. The smallest absolute Gasteiger partial charge is 0.105 e. The molecule has 5 heteroatoms. The molecule has 0 radical (unpaired) electrons. The quantitative estimate of drug-likeness (QED) is 0.578. The Hall–Kier alpha value is -2.66. The van der Waals surface area contributed by atoms with Crippen LogP contribution in [-0.2, 0) is 0 Å². The SMILES string of the molecule is c1ccc2c(c1)N[C@H](c1ccc3nsnc3c1)c1cccn1-2. The molecule has 2 aromatic heterocycles. The highest BCUT2D eigenvalue weighted by Gasteiger charge is 2.24. The fourth-order valence-electron chi connectivity index (χ4n) is 3.12. The van der Waals surface area contributed by atoms with E-state index in [1.807, 2.05) is 6.07 Å². The third kappa shape index (κ3) is 1.63. The normalized spacial score (nSPS) is 16.1. The molecule has 0 aliphatic carbocycles. The molecule has 0 amide bonds. The van der Waals surface area contributed by atoms with Gasteiger partial charge in [-0.05, 0) is 42.0 Å². The van der Waals surface area contributed by atoms with Gasteiger partial charge in [-0.3, -0.25) is 0 Å². The van der Waals surface area contributed by atoms with Crippen LogP contribution >= 0.6 is 11.7 Å². The van der Waals surface area contributed by atoms with Crippen LogP contribution in [0.25, 0.3) is 16.7 Å². The fraction of sp³-hybridized carbons (Fsp3) is 0.0588. The van der Waals surface area contributed by atoms with Crippen molar-refractivity contribution in [1.82, 2.24) is 13.3 Å². The predicted molar refractivity (Wildman–Crippen MR) is 88.6 cm³/mol. The molecule has 1 atom stereocenters. The third-order valence-electron chi connectivity index (χ3n) is 4.15. The monoisotopic (exact) mass is 304 g/mol. The summed E-state index contributed by atoms with van der Waals surface area (Å²) in [5, 5.41) is 3.65. The van der Waals surface area contributed by atoms with Crippen LogP contribution in [0.3, 0.4) is 0 Å². The van der Waals surface area contributed by atoms with Crippen LogP contribution < -0.4 is 5.32 Å². The number of nitrogens with zero attached hydrogens (tertiary/aromatic N) is 3. The summed E-state index contributed by atoms with van der Waals surface area (Å²) in [6.07, 6.45) is 2.12. The van der Waals surface area contributed by atoms with Crippen molar-refractivity contribution in [3.8, 4) is 5.69 Å². The van der Waals surface area contributed by atoms with Gasteiger partial charge in [-0.2, -0.15) is 8.75 Å². The molecule has 4 aromatic rings. The minimum Gasteiger partial charge on any atom is -0.371 e. The zero-order chi connectivity index (χ0) is 14.5. The van der Waals surface area contributed by atoms with Crippen molar-refractivity contribution >= 4 is 28.4 Å². The average molecular weight is 304 g/mol. The summed E-state index contributed by atoms with van der Waals surface area (Å²) < 4.78 is 10.9. The molecule has 4 nitrogen and oxygen atoms in total. The van der Waals surface area contributed by atoms with Gasteiger partial charge in [0.15, 0.2) is 0 Å². The summed E-state index contributed by atoms with van der Waals surface area (Å²) >= 11 is 1.26. The van der Waals surface area contributed by atoms with Crippen molar-refractivity contribution in [3.63, 3.8) is 0 Å². The van der Waals surface area contributed by atoms with Crippen molar-refractivity contribution < 1.29 is 0 Å². The minimum atomic E-state index is 0.121. The zero-order valence-electron chi connectivity index (χ0n) is 11.6. The Morgan fingerprint density at radius 2 is 1.86 bits per heavy atom. The molecule has 1 aliphatic rings. The van der Waals surface area contributed by atoms with E-state index in [4.69, 9.17) is 0 Å². The predicted octanol–water partition coefficient (Wildman–Crippen LogP) is 4.00. The number of rotatable bonds is 1. The second-order valence-electron chi connectivity index (χ2n) is 5.41. The summed E-state index contributed by atoms with van der Waals surface area (Å²) in [7, 11) is 0. The lowest BCUT2D eigenvalue weighted by Crippen LogP contribution is -2.21. The first kappa shape index (κ1) is 11.9. The number of anilines is 1. The van der Waals surface area contributed by atoms with Crippen molar-refractivity contribution in [3.05, 3.63) is 72.1 Å². The molecule has 0 bridgehead atoms. The molecule has 0 fully saturated rings. The lowest BCUT2D eigenvalue weighted by molar-refractivity contribution is 0.811. The largest absolute Gasteiger partial charge is 0.371 e. The fourth-order valence-corrected chi connectivity index (χ4v) is 3.63. The van der Waals surface area contributed by atoms with Crippen LogP contribution in [0.15, 0.2) is 60.8 Å². The van der Waals surface area contributed by atoms with Gasteiger partial charge >= 0.3 is 0 Å². The summed E-state index contributed by atoms with van der Waals surface area (Å²) in [5.41, 5.74) is 6.69. The van der Waals surface area contributed by atoms with Crippen LogP contribution in [0.2, 0.25) is 0 Å². The van der Waals surface area contributed by atoms with E-state index in [1.54, 1.807) is 0 Å². The minimum absolute atomic E-state index is 0.121. The molecule has 1 aliphatic heterocycles. The van der Waals surface area contributed by atoms with Gasteiger partial charge in [0.2, 0.25) is 0 Å². The van der Waals surface area contributed by atoms with E-state index in [0.29, 0.717) is 0 Å². The number of fused-ring (bicyclic) bond motifs is 4. The molecule has 22 heavy (non-hydrogen) atoms. The van der Waals surface area contributed by atoms with Gasteiger partial charge < -0.3 is 9.88 Å². The molecule has 106 valence electrons. The topological polar surface area (TPSA) is 42.7 Å². The number of benzene rings is 2. The molecule has 1 N–H and O–H groups in total. The maximum Gasteiger partial charge on any atom is 0.105 e. The second-order valence-corrected chi connectivity index (χ2v) is 5.94. The van der Waals surface area contributed by atoms with Crippen LogP contribution in [-0.4, -0.2) is 13.3 Å². The van der Waals surface area contributed by atoms with Gasteiger partial charge in [-0.25, -0.2) is 0 Å². The summed E-state index contributed by atoms with van der Waals surface area (Å²) in [6, 6.07) is 19.1. The summed E-state index contributed by atoms with van der Waals surface area (Å²) in [6.45, 7) is 0. The Balaban J connectivity index is 1.70. The van der Waals surface area contributed by atoms with Gasteiger partial charge in [0.05, 0.1) is 29.1 Å².